The third kappa shape index (κ3) is 6.03. The van der Waals surface area contributed by atoms with Crippen LogP contribution in [0.15, 0.2) is 40.9 Å². The van der Waals surface area contributed by atoms with Crippen LogP contribution >= 0.6 is 28.1 Å². The summed E-state index contributed by atoms with van der Waals surface area (Å²) in [6, 6.07) is 10.4. The van der Waals surface area contributed by atoms with E-state index in [4.69, 9.17) is 22.7 Å². The monoisotopic (exact) mass is 463 g/mol. The van der Waals surface area contributed by atoms with E-state index in [0.29, 0.717) is 17.0 Å². The van der Waals surface area contributed by atoms with Crippen LogP contribution in [0.3, 0.4) is 0 Å². The summed E-state index contributed by atoms with van der Waals surface area (Å²) < 4.78 is 6.72. The number of carbonyl (C=O) groups is 2. The smallest absolute Gasteiger partial charge is 0.264 e. The van der Waals surface area contributed by atoms with Gasteiger partial charge in [0.2, 0.25) is 5.91 Å². The minimum atomic E-state index is -0.511. The molecule has 148 valence electrons. The molecule has 2 aromatic rings. The molecule has 0 aromatic heterocycles. The van der Waals surface area contributed by atoms with Gasteiger partial charge in [-0.2, -0.15) is 0 Å². The fraction of sp³-hybridized carbons (Fsp3) is 0.250. The number of primary amides is 1. The summed E-state index contributed by atoms with van der Waals surface area (Å²) in [5, 5.41) is 5.57. The Kier molecular flexibility index (Phi) is 7.53. The van der Waals surface area contributed by atoms with Crippen LogP contribution in [0, 0.1) is 6.92 Å². The molecular formula is C20H22BrN3O3S. The molecule has 0 spiro atoms. The van der Waals surface area contributed by atoms with E-state index >= 15 is 0 Å². The molecule has 2 rings (SSSR count). The maximum Gasteiger partial charge on any atom is 0.264 e. The van der Waals surface area contributed by atoms with Gasteiger partial charge >= 0.3 is 0 Å². The summed E-state index contributed by atoms with van der Waals surface area (Å²) in [6.07, 6.45) is 0. The zero-order valence-electron chi connectivity index (χ0n) is 15.8. The first-order chi connectivity index (χ1) is 13.2. The number of hydrogen-bond acceptors (Lipinski definition) is 4. The molecule has 0 unspecified atom stereocenters. The van der Waals surface area contributed by atoms with Crippen molar-refractivity contribution in [2.75, 3.05) is 11.9 Å². The van der Waals surface area contributed by atoms with Gasteiger partial charge in [-0.25, -0.2) is 0 Å². The fourth-order valence-corrected chi connectivity index (χ4v) is 3.03. The van der Waals surface area contributed by atoms with Crippen molar-refractivity contribution in [3.63, 3.8) is 0 Å². The second-order valence-corrected chi connectivity index (χ2v) is 7.79. The van der Waals surface area contributed by atoms with Gasteiger partial charge in [0.05, 0.1) is 0 Å². The quantitative estimate of drug-likeness (QED) is 0.565. The summed E-state index contributed by atoms with van der Waals surface area (Å²) in [7, 11) is 0. The average molecular weight is 464 g/mol. The number of halogens is 1. The second kappa shape index (κ2) is 9.66. The van der Waals surface area contributed by atoms with E-state index in [1.807, 2.05) is 19.1 Å². The number of rotatable bonds is 6. The number of aryl methyl sites for hydroxylation is 1. The van der Waals surface area contributed by atoms with Gasteiger partial charge in [-0.15, -0.1) is 0 Å². The standard InChI is InChI=1S/C20H22BrN3O3S/c1-11(2)15-9-16(21)12(3)8-17(15)27-10-18(25)24-20(28)23-14-6-4-13(5-7-14)19(22)26/h4-9,11H,10H2,1-3H3,(H2,22,26)(H2,23,24,25,28). The van der Waals surface area contributed by atoms with Gasteiger partial charge in [0.25, 0.3) is 5.91 Å². The lowest BCUT2D eigenvalue weighted by atomic mass is 10.0. The maximum atomic E-state index is 12.2. The Labute approximate surface area is 178 Å². The summed E-state index contributed by atoms with van der Waals surface area (Å²) in [6.45, 7) is 5.92. The van der Waals surface area contributed by atoms with Crippen LogP contribution in [0.25, 0.3) is 0 Å². The maximum absolute atomic E-state index is 12.2. The molecule has 0 saturated carbocycles. The van der Waals surface area contributed by atoms with Gasteiger partial charge in [0.1, 0.15) is 5.75 Å². The molecular weight excluding hydrogens is 442 g/mol. The van der Waals surface area contributed by atoms with Gasteiger partial charge in [-0.3, -0.25) is 14.9 Å². The summed E-state index contributed by atoms with van der Waals surface area (Å²) in [5.74, 6) is 0.0397. The highest BCUT2D eigenvalue weighted by Crippen LogP contribution is 2.32. The van der Waals surface area contributed by atoms with E-state index < -0.39 is 5.91 Å². The van der Waals surface area contributed by atoms with Crippen molar-refractivity contribution in [1.82, 2.24) is 5.32 Å². The average Bonchev–Trinajstić information content (AvgIpc) is 2.62. The lowest BCUT2D eigenvalue weighted by Gasteiger charge is -2.16. The molecule has 0 aliphatic heterocycles. The van der Waals surface area contributed by atoms with Crippen molar-refractivity contribution >= 4 is 50.8 Å². The van der Waals surface area contributed by atoms with Crippen molar-refractivity contribution < 1.29 is 14.3 Å². The van der Waals surface area contributed by atoms with Crippen LogP contribution < -0.4 is 21.1 Å². The number of benzene rings is 2. The number of carbonyl (C=O) groups excluding carboxylic acids is 2. The van der Waals surface area contributed by atoms with Gasteiger partial charge in [0.15, 0.2) is 11.7 Å². The fourth-order valence-electron chi connectivity index (χ4n) is 2.43. The first-order valence-corrected chi connectivity index (χ1v) is 9.81. The first kappa shape index (κ1) is 21.8. The first-order valence-electron chi connectivity index (χ1n) is 8.61. The van der Waals surface area contributed by atoms with Gasteiger partial charge in [0, 0.05) is 15.7 Å². The molecule has 4 N–H and O–H groups in total. The highest BCUT2D eigenvalue weighted by atomic mass is 79.9. The van der Waals surface area contributed by atoms with Crippen LogP contribution in [0.4, 0.5) is 5.69 Å². The molecule has 8 heteroatoms. The third-order valence-corrected chi connectivity index (χ3v) is 5.01. The van der Waals surface area contributed by atoms with Crippen molar-refractivity contribution in [3.8, 4) is 5.75 Å². The highest BCUT2D eigenvalue weighted by molar-refractivity contribution is 9.10. The Morgan fingerprint density at radius 2 is 1.86 bits per heavy atom. The lowest BCUT2D eigenvalue weighted by Crippen LogP contribution is -2.37. The van der Waals surface area contributed by atoms with Crippen LogP contribution in [0.1, 0.15) is 41.3 Å². The van der Waals surface area contributed by atoms with E-state index in [9.17, 15) is 9.59 Å². The molecule has 0 fully saturated rings. The predicted octanol–water partition coefficient (Wildman–Crippen LogP) is 3.87. The molecule has 6 nitrogen and oxygen atoms in total. The molecule has 0 bridgehead atoms. The SMILES string of the molecule is Cc1cc(OCC(=O)NC(=S)Nc2ccc(C(N)=O)cc2)c(C(C)C)cc1Br. The normalized spacial score (nSPS) is 10.5. The van der Waals surface area contributed by atoms with E-state index in [0.717, 1.165) is 15.6 Å². The Bertz CT molecular complexity index is 898. The number of amides is 2. The van der Waals surface area contributed by atoms with E-state index in [1.165, 1.54) is 0 Å². The molecule has 2 amide bonds. The molecule has 28 heavy (non-hydrogen) atoms. The van der Waals surface area contributed by atoms with Crippen molar-refractivity contribution in [1.29, 1.82) is 0 Å². The number of thiocarbonyl (C=S) groups is 1. The Morgan fingerprint density at radius 3 is 2.43 bits per heavy atom. The molecule has 0 radical (unpaired) electrons. The Hall–Kier alpha value is -2.45. The highest BCUT2D eigenvalue weighted by Gasteiger charge is 2.13. The number of nitrogens with two attached hydrogens (primary N) is 1. The molecule has 0 atom stereocenters. The van der Waals surface area contributed by atoms with Crippen LogP contribution in [-0.4, -0.2) is 23.5 Å². The molecule has 0 aliphatic carbocycles. The predicted molar refractivity (Wildman–Crippen MR) is 118 cm³/mol. The third-order valence-electron chi connectivity index (χ3n) is 3.95. The van der Waals surface area contributed by atoms with E-state index in [2.05, 4.69) is 40.4 Å². The largest absolute Gasteiger partial charge is 0.483 e. The van der Waals surface area contributed by atoms with Crippen molar-refractivity contribution in [3.05, 3.63) is 57.6 Å². The van der Waals surface area contributed by atoms with Gasteiger partial charge in [-0.1, -0.05) is 29.8 Å². The lowest BCUT2D eigenvalue weighted by molar-refractivity contribution is -0.121. The van der Waals surface area contributed by atoms with Crippen LogP contribution in [0.2, 0.25) is 0 Å². The van der Waals surface area contributed by atoms with E-state index in [-0.39, 0.29) is 23.5 Å². The minimum absolute atomic E-state index is 0.136. The van der Waals surface area contributed by atoms with Crippen molar-refractivity contribution in [2.24, 2.45) is 5.73 Å². The summed E-state index contributed by atoms with van der Waals surface area (Å²) >= 11 is 8.66. The molecule has 0 saturated heterocycles. The Balaban J connectivity index is 1.93. The van der Waals surface area contributed by atoms with Gasteiger partial charge in [-0.05, 0) is 72.6 Å². The van der Waals surface area contributed by atoms with Gasteiger partial charge < -0.3 is 15.8 Å². The summed E-state index contributed by atoms with van der Waals surface area (Å²) in [5.41, 5.74) is 8.25. The second-order valence-electron chi connectivity index (χ2n) is 6.53. The number of hydrogen-bond donors (Lipinski definition) is 3. The topological polar surface area (TPSA) is 93.4 Å². The number of ether oxygens (including phenoxy) is 1. The zero-order valence-corrected chi connectivity index (χ0v) is 18.2. The van der Waals surface area contributed by atoms with E-state index in [1.54, 1.807) is 24.3 Å². The molecule has 0 heterocycles. The number of nitrogens with one attached hydrogen (secondary N) is 2. The van der Waals surface area contributed by atoms with Crippen LogP contribution in [0.5, 0.6) is 5.75 Å². The summed E-state index contributed by atoms with van der Waals surface area (Å²) in [4.78, 5) is 23.2. The number of anilines is 1. The molecule has 0 aliphatic rings. The molecule has 2 aromatic carbocycles. The van der Waals surface area contributed by atoms with Crippen LogP contribution in [-0.2, 0) is 4.79 Å². The zero-order chi connectivity index (χ0) is 20.8. The minimum Gasteiger partial charge on any atom is -0.483 e. The van der Waals surface area contributed by atoms with Crippen molar-refractivity contribution in [2.45, 2.75) is 26.7 Å². The Morgan fingerprint density at radius 1 is 1.21 bits per heavy atom.